The second kappa shape index (κ2) is 8.68. The van der Waals surface area contributed by atoms with Gasteiger partial charge in [-0.1, -0.05) is 32.0 Å². The predicted molar refractivity (Wildman–Crippen MR) is 112 cm³/mol. The number of nitrogens with zero attached hydrogens (tertiary/aromatic N) is 2. The molecule has 2 aromatic rings. The van der Waals surface area contributed by atoms with Crippen LogP contribution in [-0.2, 0) is 4.79 Å². The van der Waals surface area contributed by atoms with Crippen molar-refractivity contribution in [1.29, 1.82) is 0 Å². The summed E-state index contributed by atoms with van der Waals surface area (Å²) in [6.45, 7) is 9.54. The van der Waals surface area contributed by atoms with Crippen LogP contribution in [0.5, 0.6) is 0 Å². The Morgan fingerprint density at radius 3 is 2.64 bits per heavy atom. The summed E-state index contributed by atoms with van der Waals surface area (Å²) in [6.07, 6.45) is 4.03. The van der Waals surface area contributed by atoms with Crippen LogP contribution in [0.15, 0.2) is 36.5 Å². The Labute approximate surface area is 168 Å². The van der Waals surface area contributed by atoms with E-state index in [0.717, 1.165) is 24.1 Å². The predicted octanol–water partition coefficient (Wildman–Crippen LogP) is 4.83. The van der Waals surface area contributed by atoms with E-state index >= 15 is 0 Å². The first-order valence-corrected chi connectivity index (χ1v) is 10.2. The number of rotatable bonds is 5. The Balaban J connectivity index is 1.72. The van der Waals surface area contributed by atoms with E-state index < -0.39 is 0 Å². The zero-order valence-electron chi connectivity index (χ0n) is 17.4. The van der Waals surface area contributed by atoms with E-state index in [2.05, 4.69) is 44.8 Å². The van der Waals surface area contributed by atoms with Crippen LogP contribution in [0.3, 0.4) is 0 Å². The highest BCUT2D eigenvalue weighted by atomic mass is 16.2. The number of carbonyl (C=O) groups excluding carboxylic acids is 2. The van der Waals surface area contributed by atoms with E-state index in [9.17, 15) is 9.59 Å². The van der Waals surface area contributed by atoms with Gasteiger partial charge in [-0.25, -0.2) is 0 Å². The smallest absolute Gasteiger partial charge is 0.255 e. The SMILES string of the molecule is Cc1cccc(-c2ccc(C(=O)N3CCC[C@H](C(=O)CC(C)C)C3)cn2)c1C. The maximum Gasteiger partial charge on any atom is 0.255 e. The normalized spacial score (nSPS) is 17.0. The summed E-state index contributed by atoms with van der Waals surface area (Å²) in [7, 11) is 0. The van der Waals surface area contributed by atoms with Crippen molar-refractivity contribution in [2.45, 2.75) is 47.0 Å². The molecule has 1 saturated heterocycles. The minimum absolute atomic E-state index is 0.0257. The van der Waals surface area contributed by atoms with Crippen LogP contribution >= 0.6 is 0 Å². The molecule has 1 aliphatic heterocycles. The van der Waals surface area contributed by atoms with E-state index in [-0.39, 0.29) is 17.6 Å². The molecule has 1 fully saturated rings. The van der Waals surface area contributed by atoms with Gasteiger partial charge in [0.25, 0.3) is 5.91 Å². The molecule has 1 atom stereocenters. The van der Waals surface area contributed by atoms with Gasteiger partial charge in [0.15, 0.2) is 0 Å². The van der Waals surface area contributed by atoms with Crippen molar-refractivity contribution in [2.75, 3.05) is 13.1 Å². The molecule has 4 heteroatoms. The summed E-state index contributed by atoms with van der Waals surface area (Å²) >= 11 is 0. The third kappa shape index (κ3) is 4.49. The van der Waals surface area contributed by atoms with Crippen LogP contribution in [0, 0.1) is 25.7 Å². The summed E-state index contributed by atoms with van der Waals surface area (Å²) in [5, 5.41) is 0. The molecule has 0 bridgehead atoms. The monoisotopic (exact) mass is 378 g/mol. The van der Waals surface area contributed by atoms with Crippen molar-refractivity contribution in [2.24, 2.45) is 11.8 Å². The molecule has 1 aromatic carbocycles. The minimum atomic E-state index is -0.0259. The number of amides is 1. The summed E-state index contributed by atoms with van der Waals surface area (Å²) in [5.74, 6) is 0.598. The van der Waals surface area contributed by atoms with E-state index in [1.54, 1.807) is 6.20 Å². The largest absolute Gasteiger partial charge is 0.338 e. The van der Waals surface area contributed by atoms with Gasteiger partial charge in [-0.2, -0.15) is 0 Å². The molecule has 0 unspecified atom stereocenters. The molecule has 1 aromatic heterocycles. The fourth-order valence-electron chi connectivity index (χ4n) is 3.88. The first-order chi connectivity index (χ1) is 13.4. The quantitative estimate of drug-likeness (QED) is 0.748. The topological polar surface area (TPSA) is 50.3 Å². The molecule has 0 spiro atoms. The van der Waals surface area contributed by atoms with Gasteiger partial charge in [-0.15, -0.1) is 0 Å². The fourth-order valence-corrected chi connectivity index (χ4v) is 3.88. The highest BCUT2D eigenvalue weighted by Gasteiger charge is 2.29. The summed E-state index contributed by atoms with van der Waals surface area (Å²) in [4.78, 5) is 31.7. The van der Waals surface area contributed by atoms with Gasteiger partial charge in [0.05, 0.1) is 11.3 Å². The molecule has 1 aliphatic rings. The maximum absolute atomic E-state index is 12.9. The number of benzene rings is 1. The van der Waals surface area contributed by atoms with Crippen LogP contribution < -0.4 is 0 Å². The van der Waals surface area contributed by atoms with Crippen molar-refractivity contribution in [3.05, 3.63) is 53.2 Å². The average molecular weight is 379 g/mol. The summed E-state index contributed by atoms with van der Waals surface area (Å²) in [6, 6.07) is 9.94. The number of carbonyl (C=O) groups is 2. The van der Waals surface area contributed by atoms with Gasteiger partial charge >= 0.3 is 0 Å². The average Bonchev–Trinajstić information content (AvgIpc) is 2.69. The second-order valence-corrected chi connectivity index (χ2v) is 8.33. The molecule has 0 radical (unpaired) electrons. The Kier molecular flexibility index (Phi) is 6.28. The van der Waals surface area contributed by atoms with Gasteiger partial charge in [0, 0.05) is 37.2 Å². The fraction of sp³-hybridized carbons (Fsp3) is 0.458. The van der Waals surface area contributed by atoms with E-state index in [1.807, 2.05) is 23.1 Å². The molecular weight excluding hydrogens is 348 g/mol. The number of pyridine rings is 1. The zero-order chi connectivity index (χ0) is 20.3. The molecule has 0 N–H and O–H groups in total. The standard InChI is InChI=1S/C24H30N2O2/c1-16(2)13-23(27)20-8-6-12-26(15-20)24(28)19-10-11-22(25-14-19)21-9-5-7-17(3)18(21)4/h5,7,9-11,14,16,20H,6,8,12-13,15H2,1-4H3/t20-/m0/s1. The summed E-state index contributed by atoms with van der Waals surface area (Å²) < 4.78 is 0. The number of aryl methyl sites for hydroxylation is 1. The number of hydrogen-bond donors (Lipinski definition) is 0. The molecule has 3 rings (SSSR count). The molecular formula is C24H30N2O2. The van der Waals surface area contributed by atoms with Crippen molar-refractivity contribution in [1.82, 2.24) is 9.88 Å². The lowest BCUT2D eigenvalue weighted by Crippen LogP contribution is -2.42. The van der Waals surface area contributed by atoms with Gasteiger partial charge in [-0.3, -0.25) is 14.6 Å². The zero-order valence-corrected chi connectivity index (χ0v) is 17.4. The molecule has 4 nitrogen and oxygen atoms in total. The van der Waals surface area contributed by atoms with Crippen molar-refractivity contribution >= 4 is 11.7 Å². The second-order valence-electron chi connectivity index (χ2n) is 8.33. The minimum Gasteiger partial charge on any atom is -0.338 e. The maximum atomic E-state index is 12.9. The van der Waals surface area contributed by atoms with Crippen LogP contribution in [0.2, 0.25) is 0 Å². The van der Waals surface area contributed by atoms with E-state index in [1.165, 1.54) is 11.1 Å². The third-order valence-electron chi connectivity index (χ3n) is 5.66. The highest BCUT2D eigenvalue weighted by molar-refractivity contribution is 5.95. The number of aromatic nitrogens is 1. The van der Waals surface area contributed by atoms with Gasteiger partial charge in [0.2, 0.25) is 0 Å². The van der Waals surface area contributed by atoms with Crippen molar-refractivity contribution in [3.63, 3.8) is 0 Å². The number of hydrogen-bond acceptors (Lipinski definition) is 3. The number of Topliss-reactive ketones (excluding diaryl/α,β-unsaturated/α-hetero) is 1. The first-order valence-electron chi connectivity index (χ1n) is 10.2. The van der Waals surface area contributed by atoms with Crippen molar-refractivity contribution < 1.29 is 9.59 Å². The molecule has 2 heterocycles. The lowest BCUT2D eigenvalue weighted by molar-refractivity contribution is -0.124. The number of likely N-dealkylation sites (tertiary alicyclic amines) is 1. The molecule has 1 amide bonds. The number of piperidine rings is 1. The van der Waals surface area contributed by atoms with Crippen LogP contribution in [0.1, 0.15) is 54.6 Å². The summed E-state index contributed by atoms with van der Waals surface area (Å²) in [5.41, 5.74) is 4.99. The van der Waals surface area contributed by atoms with Crippen molar-refractivity contribution in [3.8, 4) is 11.3 Å². The van der Waals surface area contributed by atoms with Crippen LogP contribution in [-0.4, -0.2) is 34.7 Å². The number of ketones is 1. The van der Waals surface area contributed by atoms with E-state index in [0.29, 0.717) is 31.0 Å². The van der Waals surface area contributed by atoms with Gasteiger partial charge in [0.1, 0.15) is 5.78 Å². The molecule has 148 valence electrons. The Bertz CT molecular complexity index is 855. The van der Waals surface area contributed by atoms with Crippen LogP contribution in [0.25, 0.3) is 11.3 Å². The Hall–Kier alpha value is -2.49. The molecule has 28 heavy (non-hydrogen) atoms. The molecule has 0 aliphatic carbocycles. The third-order valence-corrected chi connectivity index (χ3v) is 5.66. The first kappa shape index (κ1) is 20.2. The van der Waals surface area contributed by atoms with Gasteiger partial charge < -0.3 is 4.90 Å². The van der Waals surface area contributed by atoms with E-state index in [4.69, 9.17) is 0 Å². The lowest BCUT2D eigenvalue weighted by Gasteiger charge is -2.32. The van der Waals surface area contributed by atoms with Gasteiger partial charge in [-0.05, 0) is 55.9 Å². The van der Waals surface area contributed by atoms with Crippen LogP contribution in [0.4, 0.5) is 0 Å². The Morgan fingerprint density at radius 2 is 1.96 bits per heavy atom. The highest BCUT2D eigenvalue weighted by Crippen LogP contribution is 2.25. The Morgan fingerprint density at radius 1 is 1.18 bits per heavy atom. The lowest BCUT2D eigenvalue weighted by atomic mass is 9.89. The molecule has 0 saturated carbocycles.